The van der Waals surface area contributed by atoms with E-state index in [4.69, 9.17) is 0 Å². The Kier molecular flexibility index (Phi) is 4.30. The predicted molar refractivity (Wildman–Crippen MR) is 83.3 cm³/mol. The van der Waals surface area contributed by atoms with E-state index < -0.39 is 0 Å². The molecule has 0 aliphatic carbocycles. The van der Waals surface area contributed by atoms with Gasteiger partial charge >= 0.3 is 0 Å². The van der Waals surface area contributed by atoms with Crippen LogP contribution in [0.25, 0.3) is 22.0 Å². The van der Waals surface area contributed by atoms with E-state index in [1.54, 1.807) is 0 Å². The number of pyridine rings is 1. The highest BCUT2D eigenvalue weighted by Gasteiger charge is 2.03. The average Bonchev–Trinajstić information content (AvgIpc) is 2.49. The van der Waals surface area contributed by atoms with Crippen LogP contribution < -0.4 is 0 Å². The van der Waals surface area contributed by atoms with E-state index >= 15 is 0 Å². The minimum Gasteiger partial charge on any atom is -0.256 e. The summed E-state index contributed by atoms with van der Waals surface area (Å²) in [7, 11) is 0. The number of rotatable bonds is 1. The van der Waals surface area contributed by atoms with Crippen molar-refractivity contribution in [3.63, 3.8) is 0 Å². The Morgan fingerprint density at radius 2 is 1.58 bits per heavy atom. The van der Waals surface area contributed by atoms with E-state index in [1.165, 1.54) is 22.1 Å². The molecule has 0 unspecified atom stereocenters. The average molecular weight is 249 g/mol. The first kappa shape index (κ1) is 13.3. The zero-order valence-corrected chi connectivity index (χ0v) is 11.7. The van der Waals surface area contributed by atoms with Crippen LogP contribution in [0.2, 0.25) is 0 Å². The molecule has 0 N–H and O–H groups in total. The molecule has 96 valence electrons. The zero-order chi connectivity index (χ0) is 13.7. The normalized spacial score (nSPS) is 9.84. The van der Waals surface area contributed by atoms with Crippen molar-refractivity contribution in [3.05, 3.63) is 66.4 Å². The fourth-order valence-corrected chi connectivity index (χ4v) is 2.13. The maximum absolute atomic E-state index is 4.43. The summed E-state index contributed by atoms with van der Waals surface area (Å²) >= 11 is 0. The lowest BCUT2D eigenvalue weighted by Gasteiger charge is -2.06. The summed E-state index contributed by atoms with van der Waals surface area (Å²) in [4.78, 5) is 4.43. The summed E-state index contributed by atoms with van der Waals surface area (Å²) in [5, 5.41) is 1.21. The number of fused-ring (bicyclic) bond motifs is 1. The van der Waals surface area contributed by atoms with Crippen LogP contribution in [0.3, 0.4) is 0 Å². The first-order valence-corrected chi connectivity index (χ1v) is 6.75. The van der Waals surface area contributed by atoms with Crippen molar-refractivity contribution in [1.29, 1.82) is 0 Å². The van der Waals surface area contributed by atoms with Crippen molar-refractivity contribution in [2.75, 3.05) is 0 Å². The molecule has 0 fully saturated rings. The molecule has 3 aromatic rings. The number of benzene rings is 2. The Morgan fingerprint density at radius 3 is 2.32 bits per heavy atom. The van der Waals surface area contributed by atoms with E-state index in [0.29, 0.717) is 0 Å². The molecular weight excluding hydrogens is 230 g/mol. The number of aryl methyl sites for hydroxylation is 1. The van der Waals surface area contributed by atoms with Gasteiger partial charge in [-0.25, -0.2) is 0 Å². The van der Waals surface area contributed by atoms with E-state index in [9.17, 15) is 0 Å². The molecule has 0 aliphatic heterocycles. The fourth-order valence-electron chi connectivity index (χ4n) is 2.13. The third-order valence-corrected chi connectivity index (χ3v) is 2.98. The molecule has 1 aromatic heterocycles. The molecule has 2 aromatic carbocycles. The smallest absolute Gasteiger partial charge is 0.0710 e. The SMILES string of the molecule is CC.Cc1ccc2c(-c3ccccc3)ccnc2c1. The van der Waals surface area contributed by atoms with Crippen LogP contribution in [-0.2, 0) is 0 Å². The molecule has 0 radical (unpaired) electrons. The predicted octanol–water partition coefficient (Wildman–Crippen LogP) is 5.24. The quantitative estimate of drug-likeness (QED) is 0.575. The lowest BCUT2D eigenvalue weighted by Crippen LogP contribution is -1.84. The Hall–Kier alpha value is -2.15. The van der Waals surface area contributed by atoms with Crippen LogP contribution in [0, 0.1) is 6.92 Å². The molecule has 0 atom stereocenters. The van der Waals surface area contributed by atoms with Gasteiger partial charge in [0.05, 0.1) is 5.52 Å². The lowest BCUT2D eigenvalue weighted by molar-refractivity contribution is 1.39. The fraction of sp³-hybridized carbons (Fsp3) is 0.167. The summed E-state index contributed by atoms with van der Waals surface area (Å²) in [5.74, 6) is 0. The Labute approximate surface area is 114 Å². The Balaban J connectivity index is 0.000000637. The van der Waals surface area contributed by atoms with Crippen LogP contribution in [0.5, 0.6) is 0 Å². The summed E-state index contributed by atoms with van der Waals surface area (Å²) in [6, 6.07) is 18.9. The second-order valence-electron chi connectivity index (χ2n) is 4.25. The monoisotopic (exact) mass is 249 g/mol. The summed E-state index contributed by atoms with van der Waals surface area (Å²) in [5.41, 5.74) is 4.79. The number of hydrogen-bond donors (Lipinski definition) is 0. The van der Waals surface area contributed by atoms with Gasteiger partial charge in [0.1, 0.15) is 0 Å². The third-order valence-electron chi connectivity index (χ3n) is 2.98. The Morgan fingerprint density at radius 1 is 0.842 bits per heavy atom. The molecule has 0 spiro atoms. The first-order chi connectivity index (χ1) is 9.34. The molecule has 1 heteroatoms. The van der Waals surface area contributed by atoms with Crippen LogP contribution >= 0.6 is 0 Å². The van der Waals surface area contributed by atoms with Crippen molar-refractivity contribution in [2.45, 2.75) is 20.8 Å². The minimum atomic E-state index is 1.06. The second-order valence-corrected chi connectivity index (χ2v) is 4.25. The van der Waals surface area contributed by atoms with Gasteiger partial charge in [-0.15, -0.1) is 0 Å². The van der Waals surface area contributed by atoms with Crippen LogP contribution in [-0.4, -0.2) is 4.98 Å². The van der Waals surface area contributed by atoms with Gasteiger partial charge in [-0.2, -0.15) is 0 Å². The maximum atomic E-state index is 4.43. The highest BCUT2D eigenvalue weighted by Crippen LogP contribution is 2.27. The van der Waals surface area contributed by atoms with Crippen molar-refractivity contribution in [2.24, 2.45) is 0 Å². The molecule has 0 bridgehead atoms. The van der Waals surface area contributed by atoms with Crippen molar-refractivity contribution < 1.29 is 0 Å². The number of aromatic nitrogens is 1. The standard InChI is InChI=1S/C16H13N.C2H6/c1-12-7-8-15-14(9-10-17-16(15)11-12)13-5-3-2-4-6-13;1-2/h2-11H,1H3;1-2H3. The molecule has 0 saturated carbocycles. The van der Waals surface area contributed by atoms with Crippen molar-refractivity contribution in [1.82, 2.24) is 4.98 Å². The van der Waals surface area contributed by atoms with Crippen LogP contribution in [0.4, 0.5) is 0 Å². The highest BCUT2D eigenvalue weighted by molar-refractivity contribution is 5.94. The molecule has 19 heavy (non-hydrogen) atoms. The molecule has 0 saturated heterocycles. The van der Waals surface area contributed by atoms with Gasteiger partial charge in [0.2, 0.25) is 0 Å². The van der Waals surface area contributed by atoms with Gasteiger partial charge in [-0.1, -0.05) is 56.3 Å². The summed E-state index contributed by atoms with van der Waals surface area (Å²) in [6.07, 6.45) is 1.88. The molecule has 1 nitrogen and oxygen atoms in total. The van der Waals surface area contributed by atoms with Crippen LogP contribution in [0.1, 0.15) is 19.4 Å². The largest absolute Gasteiger partial charge is 0.256 e. The van der Waals surface area contributed by atoms with Gasteiger partial charge < -0.3 is 0 Å². The Bertz CT molecular complexity index is 657. The van der Waals surface area contributed by atoms with Gasteiger partial charge in [-0.05, 0) is 35.7 Å². The molecule has 1 heterocycles. The second kappa shape index (κ2) is 6.14. The van der Waals surface area contributed by atoms with E-state index in [0.717, 1.165) is 5.52 Å². The molecule has 3 rings (SSSR count). The van der Waals surface area contributed by atoms with Crippen LogP contribution in [0.15, 0.2) is 60.8 Å². The van der Waals surface area contributed by atoms with Gasteiger partial charge in [-0.3, -0.25) is 4.98 Å². The maximum Gasteiger partial charge on any atom is 0.0710 e. The highest BCUT2D eigenvalue weighted by atomic mass is 14.6. The number of hydrogen-bond acceptors (Lipinski definition) is 1. The summed E-state index contributed by atoms with van der Waals surface area (Å²) < 4.78 is 0. The third kappa shape index (κ3) is 2.82. The van der Waals surface area contributed by atoms with E-state index in [-0.39, 0.29) is 0 Å². The molecular formula is C18H19N. The molecule has 0 amide bonds. The minimum absolute atomic E-state index is 1.06. The number of nitrogens with zero attached hydrogens (tertiary/aromatic N) is 1. The molecule has 0 aliphatic rings. The van der Waals surface area contributed by atoms with Crippen molar-refractivity contribution in [3.8, 4) is 11.1 Å². The van der Waals surface area contributed by atoms with Crippen molar-refractivity contribution >= 4 is 10.9 Å². The lowest BCUT2D eigenvalue weighted by atomic mass is 10.0. The zero-order valence-electron chi connectivity index (χ0n) is 11.7. The van der Waals surface area contributed by atoms with E-state index in [2.05, 4.69) is 60.4 Å². The summed E-state index contributed by atoms with van der Waals surface area (Å²) in [6.45, 7) is 6.09. The van der Waals surface area contributed by atoms with Gasteiger partial charge in [0.15, 0.2) is 0 Å². The van der Waals surface area contributed by atoms with Gasteiger partial charge in [0, 0.05) is 11.6 Å². The van der Waals surface area contributed by atoms with E-state index in [1.807, 2.05) is 26.1 Å². The topological polar surface area (TPSA) is 12.9 Å². The van der Waals surface area contributed by atoms with Gasteiger partial charge in [0.25, 0.3) is 0 Å². The first-order valence-electron chi connectivity index (χ1n) is 6.75.